The molecule has 0 aliphatic rings. The molecule has 0 bridgehead atoms. The summed E-state index contributed by atoms with van der Waals surface area (Å²) in [5.74, 6) is -2.34. The summed E-state index contributed by atoms with van der Waals surface area (Å²) in [5, 5.41) is -0.644. The Balaban J connectivity index is 3.09. The van der Waals surface area contributed by atoms with E-state index in [9.17, 15) is 17.6 Å². The number of hydrogen-bond acceptors (Lipinski definition) is 1. The second-order valence-corrected chi connectivity index (χ2v) is 3.09. The summed E-state index contributed by atoms with van der Waals surface area (Å²) < 4.78 is 51.4. The van der Waals surface area contributed by atoms with Gasteiger partial charge in [0.25, 0.3) is 0 Å². The standard InChI is InChI=1S/C7H2Cl2F4O/c8-3-1-4(9)6(5(10)2-3)14-7(11,12)13/h1-2H. The Kier molecular flexibility index (Phi) is 3.11. The Morgan fingerprint density at radius 2 is 1.71 bits per heavy atom. The van der Waals surface area contributed by atoms with Crippen LogP contribution in [0.25, 0.3) is 0 Å². The average molecular weight is 249 g/mol. The van der Waals surface area contributed by atoms with Crippen LogP contribution in [0.15, 0.2) is 12.1 Å². The predicted molar refractivity (Wildman–Crippen MR) is 43.1 cm³/mol. The smallest absolute Gasteiger partial charge is 0.401 e. The topological polar surface area (TPSA) is 9.23 Å². The highest BCUT2D eigenvalue weighted by Gasteiger charge is 2.33. The summed E-state index contributed by atoms with van der Waals surface area (Å²) in [6, 6.07) is 1.63. The fourth-order valence-electron chi connectivity index (χ4n) is 0.742. The molecule has 0 amide bonds. The molecule has 1 aromatic carbocycles. The molecule has 0 unspecified atom stereocenters. The van der Waals surface area contributed by atoms with Crippen molar-refractivity contribution in [3.63, 3.8) is 0 Å². The quantitative estimate of drug-likeness (QED) is 0.682. The van der Waals surface area contributed by atoms with Gasteiger partial charge in [0.05, 0.1) is 5.02 Å². The molecule has 0 aromatic heterocycles. The van der Waals surface area contributed by atoms with Crippen LogP contribution >= 0.6 is 23.2 Å². The Morgan fingerprint density at radius 3 is 2.14 bits per heavy atom. The summed E-state index contributed by atoms with van der Waals surface area (Å²) in [6.45, 7) is 0. The van der Waals surface area contributed by atoms with Crippen LogP contribution in [-0.4, -0.2) is 6.36 Å². The molecule has 0 saturated carbocycles. The van der Waals surface area contributed by atoms with Gasteiger partial charge in [0.2, 0.25) is 0 Å². The molecule has 0 radical (unpaired) electrons. The molecule has 0 saturated heterocycles. The highest BCUT2D eigenvalue weighted by Crippen LogP contribution is 2.34. The second kappa shape index (κ2) is 3.82. The summed E-state index contributed by atoms with van der Waals surface area (Å²) in [4.78, 5) is 0. The molecule has 1 rings (SSSR count). The molecule has 78 valence electrons. The van der Waals surface area contributed by atoms with Gasteiger partial charge in [-0.2, -0.15) is 0 Å². The maximum absolute atomic E-state index is 12.8. The summed E-state index contributed by atoms with van der Waals surface area (Å²) in [5.41, 5.74) is 0. The molecule has 0 aliphatic heterocycles. The first-order chi connectivity index (χ1) is 6.29. The van der Waals surface area contributed by atoms with E-state index in [1.807, 2.05) is 0 Å². The van der Waals surface area contributed by atoms with Crippen LogP contribution in [-0.2, 0) is 0 Å². The van der Waals surface area contributed by atoms with Crippen LogP contribution < -0.4 is 4.74 Å². The third kappa shape index (κ3) is 2.92. The minimum atomic E-state index is -4.99. The zero-order valence-corrected chi connectivity index (χ0v) is 7.84. The lowest BCUT2D eigenvalue weighted by Gasteiger charge is -2.11. The monoisotopic (exact) mass is 248 g/mol. The van der Waals surface area contributed by atoms with Crippen molar-refractivity contribution in [1.82, 2.24) is 0 Å². The van der Waals surface area contributed by atoms with Gasteiger partial charge in [0, 0.05) is 5.02 Å². The molecule has 14 heavy (non-hydrogen) atoms. The van der Waals surface area contributed by atoms with E-state index in [0.717, 1.165) is 6.07 Å². The highest BCUT2D eigenvalue weighted by molar-refractivity contribution is 6.35. The maximum Gasteiger partial charge on any atom is 0.573 e. The maximum atomic E-state index is 12.8. The van der Waals surface area contributed by atoms with Gasteiger partial charge in [-0.25, -0.2) is 4.39 Å². The number of ether oxygens (including phenoxy) is 1. The summed E-state index contributed by atoms with van der Waals surface area (Å²) in [7, 11) is 0. The van der Waals surface area contributed by atoms with Crippen LogP contribution in [0.1, 0.15) is 0 Å². The molecule has 0 heterocycles. The first-order valence-electron chi connectivity index (χ1n) is 3.20. The lowest BCUT2D eigenvalue weighted by atomic mass is 10.3. The second-order valence-electron chi connectivity index (χ2n) is 2.25. The van der Waals surface area contributed by atoms with Gasteiger partial charge < -0.3 is 4.74 Å². The number of halogens is 6. The molecule has 1 nitrogen and oxygen atoms in total. The van der Waals surface area contributed by atoms with Crippen molar-refractivity contribution >= 4 is 23.2 Å². The van der Waals surface area contributed by atoms with Gasteiger partial charge in [0.1, 0.15) is 0 Å². The van der Waals surface area contributed by atoms with Crippen molar-refractivity contribution in [2.24, 2.45) is 0 Å². The van der Waals surface area contributed by atoms with Gasteiger partial charge >= 0.3 is 6.36 Å². The van der Waals surface area contributed by atoms with Crippen molar-refractivity contribution < 1.29 is 22.3 Å². The van der Waals surface area contributed by atoms with Crippen molar-refractivity contribution in [2.75, 3.05) is 0 Å². The van der Waals surface area contributed by atoms with Crippen molar-refractivity contribution in [3.05, 3.63) is 28.0 Å². The molecule has 0 aliphatic carbocycles. The fourth-order valence-corrected chi connectivity index (χ4v) is 1.25. The molecular formula is C7H2Cl2F4O. The van der Waals surface area contributed by atoms with Crippen LogP contribution in [0.2, 0.25) is 10.0 Å². The third-order valence-electron chi connectivity index (χ3n) is 1.18. The van der Waals surface area contributed by atoms with Gasteiger partial charge in [-0.05, 0) is 12.1 Å². The van der Waals surface area contributed by atoms with E-state index in [-0.39, 0.29) is 5.02 Å². The lowest BCUT2D eigenvalue weighted by Crippen LogP contribution is -2.18. The molecule has 0 spiro atoms. The predicted octanol–water partition coefficient (Wildman–Crippen LogP) is 4.03. The molecule has 0 fully saturated rings. The van der Waals surface area contributed by atoms with Crippen molar-refractivity contribution in [2.45, 2.75) is 6.36 Å². The van der Waals surface area contributed by atoms with Crippen molar-refractivity contribution in [3.8, 4) is 5.75 Å². The molecule has 7 heteroatoms. The van der Waals surface area contributed by atoms with E-state index in [2.05, 4.69) is 4.74 Å². The van der Waals surface area contributed by atoms with Crippen molar-refractivity contribution in [1.29, 1.82) is 0 Å². The summed E-state index contributed by atoms with van der Waals surface area (Å²) in [6.07, 6.45) is -4.99. The van der Waals surface area contributed by atoms with E-state index in [1.54, 1.807) is 0 Å². The SMILES string of the molecule is Fc1cc(Cl)cc(Cl)c1OC(F)(F)F. The summed E-state index contributed by atoms with van der Waals surface area (Å²) >= 11 is 10.6. The molecular weight excluding hydrogens is 247 g/mol. The van der Waals surface area contributed by atoms with E-state index in [1.165, 1.54) is 0 Å². The minimum Gasteiger partial charge on any atom is -0.401 e. The number of rotatable bonds is 1. The Bertz CT molecular complexity index is 327. The van der Waals surface area contributed by atoms with Gasteiger partial charge in [0.15, 0.2) is 11.6 Å². The minimum absolute atomic E-state index is 0.109. The number of benzene rings is 1. The largest absolute Gasteiger partial charge is 0.573 e. The highest BCUT2D eigenvalue weighted by atomic mass is 35.5. The molecule has 0 atom stereocenters. The van der Waals surface area contributed by atoms with Gasteiger partial charge in [-0.15, -0.1) is 13.2 Å². The fraction of sp³-hybridized carbons (Fsp3) is 0.143. The van der Waals surface area contributed by atoms with E-state index < -0.39 is 23.0 Å². The normalized spacial score (nSPS) is 11.6. The zero-order valence-electron chi connectivity index (χ0n) is 6.33. The Hall–Kier alpha value is -0.680. The van der Waals surface area contributed by atoms with Crippen LogP contribution in [0.3, 0.4) is 0 Å². The van der Waals surface area contributed by atoms with E-state index in [0.29, 0.717) is 6.07 Å². The number of hydrogen-bond donors (Lipinski definition) is 0. The van der Waals surface area contributed by atoms with E-state index >= 15 is 0 Å². The van der Waals surface area contributed by atoms with Crippen LogP contribution in [0.5, 0.6) is 5.75 Å². The molecule has 0 N–H and O–H groups in total. The van der Waals surface area contributed by atoms with Crippen LogP contribution in [0, 0.1) is 5.82 Å². The van der Waals surface area contributed by atoms with E-state index in [4.69, 9.17) is 23.2 Å². The molecule has 1 aromatic rings. The number of alkyl halides is 3. The Labute approximate surface area is 86.2 Å². The third-order valence-corrected chi connectivity index (χ3v) is 1.68. The van der Waals surface area contributed by atoms with Crippen LogP contribution in [0.4, 0.5) is 17.6 Å². The first-order valence-corrected chi connectivity index (χ1v) is 3.95. The Morgan fingerprint density at radius 1 is 1.14 bits per heavy atom. The lowest BCUT2D eigenvalue weighted by molar-refractivity contribution is -0.275. The average Bonchev–Trinajstić information content (AvgIpc) is 1.95. The van der Waals surface area contributed by atoms with Gasteiger partial charge in [-0.1, -0.05) is 23.2 Å². The zero-order chi connectivity index (χ0) is 10.9. The van der Waals surface area contributed by atoms with Gasteiger partial charge in [-0.3, -0.25) is 0 Å². The first kappa shape index (κ1) is 11.4.